The zero-order valence-electron chi connectivity index (χ0n) is 16.0. The number of hydrogen-bond acceptors (Lipinski definition) is 4. The molecule has 148 valence electrons. The van der Waals surface area contributed by atoms with E-state index in [4.69, 9.17) is 37.9 Å². The number of nitrogens with zero attached hydrogens (tertiary/aromatic N) is 2. The lowest BCUT2D eigenvalue weighted by molar-refractivity contribution is 0.284. The zero-order valence-corrected chi connectivity index (χ0v) is 17.5. The van der Waals surface area contributed by atoms with Gasteiger partial charge in [0.15, 0.2) is 11.5 Å². The second-order valence-corrected chi connectivity index (χ2v) is 7.14. The predicted molar refractivity (Wildman–Crippen MR) is 118 cm³/mol. The average molecular weight is 435 g/mol. The van der Waals surface area contributed by atoms with Crippen molar-refractivity contribution >= 4 is 34.9 Å². The van der Waals surface area contributed by atoms with Crippen LogP contribution in [0.5, 0.6) is 11.5 Å². The van der Waals surface area contributed by atoms with Gasteiger partial charge in [0.1, 0.15) is 6.61 Å². The Kier molecular flexibility index (Phi) is 6.99. The van der Waals surface area contributed by atoms with Crippen molar-refractivity contribution in [2.75, 3.05) is 7.11 Å². The number of benzene rings is 3. The molecule has 6 heteroatoms. The molecule has 0 N–H and O–H groups in total. The highest BCUT2D eigenvalue weighted by molar-refractivity contribution is 6.35. The van der Waals surface area contributed by atoms with E-state index >= 15 is 0 Å². The van der Waals surface area contributed by atoms with Gasteiger partial charge in [0, 0.05) is 15.6 Å². The van der Waals surface area contributed by atoms with Crippen molar-refractivity contribution in [3.8, 4) is 23.6 Å². The van der Waals surface area contributed by atoms with E-state index in [0.29, 0.717) is 32.7 Å². The van der Waals surface area contributed by atoms with Gasteiger partial charge in [-0.1, -0.05) is 47.5 Å². The van der Waals surface area contributed by atoms with E-state index in [0.717, 1.165) is 16.7 Å². The summed E-state index contributed by atoms with van der Waals surface area (Å²) in [5.74, 6) is 1.09. The van der Waals surface area contributed by atoms with Gasteiger partial charge in [0.2, 0.25) is 0 Å². The smallest absolute Gasteiger partial charge is 0.161 e. The van der Waals surface area contributed by atoms with Crippen LogP contribution >= 0.6 is 23.2 Å². The molecule has 0 saturated heterocycles. The van der Waals surface area contributed by atoms with Crippen molar-refractivity contribution in [3.05, 3.63) is 93.0 Å². The number of hydrogen-bond donors (Lipinski definition) is 0. The molecular formula is C24H16Cl2N2O2. The predicted octanol–water partition coefficient (Wildman–Crippen LogP) is 6.52. The summed E-state index contributed by atoms with van der Waals surface area (Å²) in [7, 11) is 1.55. The maximum Gasteiger partial charge on any atom is 0.161 e. The highest BCUT2D eigenvalue weighted by atomic mass is 35.5. The fraction of sp³-hybridized carbons (Fsp3) is 0.0833. The van der Waals surface area contributed by atoms with Gasteiger partial charge in [-0.25, -0.2) is 0 Å². The number of nitriles is 2. The van der Waals surface area contributed by atoms with E-state index < -0.39 is 0 Å². The first-order valence-corrected chi connectivity index (χ1v) is 9.66. The molecule has 3 aromatic rings. The van der Waals surface area contributed by atoms with Crippen LogP contribution in [0.4, 0.5) is 0 Å². The number of rotatable bonds is 6. The first-order chi connectivity index (χ1) is 14.5. The van der Waals surface area contributed by atoms with Gasteiger partial charge in [-0.3, -0.25) is 0 Å². The fourth-order valence-corrected chi connectivity index (χ4v) is 3.22. The van der Waals surface area contributed by atoms with E-state index in [-0.39, 0.29) is 6.61 Å². The van der Waals surface area contributed by atoms with Crippen LogP contribution < -0.4 is 9.47 Å². The molecule has 0 aliphatic heterocycles. The summed E-state index contributed by atoms with van der Waals surface area (Å²) in [5.41, 5.74) is 3.33. The zero-order chi connectivity index (χ0) is 21.5. The lowest BCUT2D eigenvalue weighted by Gasteiger charge is -2.12. The Morgan fingerprint density at radius 1 is 0.967 bits per heavy atom. The van der Waals surface area contributed by atoms with Crippen molar-refractivity contribution in [2.24, 2.45) is 0 Å². The molecule has 0 aliphatic carbocycles. The second kappa shape index (κ2) is 9.85. The summed E-state index contributed by atoms with van der Waals surface area (Å²) < 4.78 is 11.3. The molecule has 30 heavy (non-hydrogen) atoms. The SMILES string of the molecule is COc1cc(/C=C(\C#N)c2ccc(C#N)cc2)ccc1OCc1ccc(Cl)cc1Cl. The average Bonchev–Trinajstić information content (AvgIpc) is 2.77. The second-order valence-electron chi connectivity index (χ2n) is 6.29. The van der Waals surface area contributed by atoms with Gasteiger partial charge in [-0.15, -0.1) is 0 Å². The number of ether oxygens (including phenoxy) is 2. The highest BCUT2D eigenvalue weighted by Crippen LogP contribution is 2.31. The third kappa shape index (κ3) is 5.13. The normalized spacial score (nSPS) is 10.8. The number of methoxy groups -OCH3 is 1. The molecule has 4 nitrogen and oxygen atoms in total. The molecule has 0 bridgehead atoms. The van der Waals surface area contributed by atoms with Crippen molar-refractivity contribution < 1.29 is 9.47 Å². The Bertz CT molecular complexity index is 1170. The molecule has 0 atom stereocenters. The molecule has 3 aromatic carbocycles. The summed E-state index contributed by atoms with van der Waals surface area (Å²) in [5, 5.41) is 19.6. The summed E-state index contributed by atoms with van der Waals surface area (Å²) in [4.78, 5) is 0. The van der Waals surface area contributed by atoms with E-state index in [2.05, 4.69) is 12.1 Å². The van der Waals surface area contributed by atoms with Crippen LogP contribution in [0.2, 0.25) is 10.0 Å². The lowest BCUT2D eigenvalue weighted by Crippen LogP contribution is -1.98. The largest absolute Gasteiger partial charge is 0.493 e. The minimum absolute atomic E-state index is 0.260. The summed E-state index contributed by atoms with van der Waals surface area (Å²) >= 11 is 12.1. The maximum atomic E-state index is 9.54. The standard InChI is InChI=1S/C24H16Cl2N2O2/c1-29-24-11-17(10-20(14-28)18-5-2-16(13-27)3-6-18)4-9-23(24)30-15-19-7-8-21(25)12-22(19)26/h2-12H,15H2,1H3/b20-10+. The van der Waals surface area contributed by atoms with Crippen LogP contribution in [-0.4, -0.2) is 7.11 Å². The quantitative estimate of drug-likeness (QED) is 0.327. The topological polar surface area (TPSA) is 66.0 Å². The summed E-state index contributed by atoms with van der Waals surface area (Å²) in [6.07, 6.45) is 1.75. The van der Waals surface area contributed by atoms with Gasteiger partial charge < -0.3 is 9.47 Å². The first kappa shape index (κ1) is 21.3. The fourth-order valence-electron chi connectivity index (χ4n) is 2.76. The first-order valence-electron chi connectivity index (χ1n) is 8.91. The lowest BCUT2D eigenvalue weighted by atomic mass is 10.0. The molecule has 0 amide bonds. The highest BCUT2D eigenvalue weighted by Gasteiger charge is 2.09. The summed E-state index contributed by atoms with van der Waals surface area (Å²) in [6, 6.07) is 21.8. The van der Waals surface area contributed by atoms with Crippen molar-refractivity contribution in [1.82, 2.24) is 0 Å². The molecule has 0 aromatic heterocycles. The minimum Gasteiger partial charge on any atom is -0.493 e. The van der Waals surface area contributed by atoms with E-state index in [1.165, 1.54) is 0 Å². The van der Waals surface area contributed by atoms with E-state index in [1.807, 2.05) is 12.1 Å². The van der Waals surface area contributed by atoms with Crippen LogP contribution in [0.3, 0.4) is 0 Å². The third-order valence-corrected chi connectivity index (χ3v) is 4.93. The number of halogens is 2. The number of allylic oxidation sites excluding steroid dienone is 1. The van der Waals surface area contributed by atoms with Crippen LogP contribution in [0.1, 0.15) is 22.3 Å². The van der Waals surface area contributed by atoms with Crippen molar-refractivity contribution in [3.63, 3.8) is 0 Å². The third-order valence-electron chi connectivity index (χ3n) is 4.34. The van der Waals surface area contributed by atoms with Gasteiger partial charge in [0.25, 0.3) is 0 Å². The van der Waals surface area contributed by atoms with Crippen LogP contribution in [-0.2, 0) is 6.61 Å². The Morgan fingerprint density at radius 2 is 1.73 bits per heavy atom. The summed E-state index contributed by atoms with van der Waals surface area (Å²) in [6.45, 7) is 0.260. The molecule has 0 aliphatic rings. The van der Waals surface area contributed by atoms with Crippen LogP contribution in [0.25, 0.3) is 11.6 Å². The van der Waals surface area contributed by atoms with Crippen molar-refractivity contribution in [1.29, 1.82) is 10.5 Å². The Labute approximate surface area is 185 Å². The van der Waals surface area contributed by atoms with Gasteiger partial charge in [0.05, 0.1) is 30.4 Å². The van der Waals surface area contributed by atoms with Gasteiger partial charge in [-0.05, 0) is 53.6 Å². The van der Waals surface area contributed by atoms with E-state index in [9.17, 15) is 5.26 Å². The molecule has 3 rings (SSSR count). The van der Waals surface area contributed by atoms with Gasteiger partial charge >= 0.3 is 0 Å². The monoisotopic (exact) mass is 434 g/mol. The molecule has 0 heterocycles. The molecule has 0 spiro atoms. The minimum atomic E-state index is 0.260. The van der Waals surface area contributed by atoms with Crippen LogP contribution in [0, 0.1) is 22.7 Å². The Balaban J connectivity index is 1.82. The molecular weight excluding hydrogens is 419 g/mol. The molecule has 0 unspecified atom stereocenters. The maximum absolute atomic E-state index is 9.54. The van der Waals surface area contributed by atoms with Crippen molar-refractivity contribution in [2.45, 2.75) is 6.61 Å². The Morgan fingerprint density at radius 3 is 2.37 bits per heavy atom. The van der Waals surface area contributed by atoms with Gasteiger partial charge in [-0.2, -0.15) is 10.5 Å². The molecule has 0 radical (unpaired) electrons. The Hall–Kier alpha value is -3.44. The van der Waals surface area contributed by atoms with E-state index in [1.54, 1.807) is 61.7 Å². The molecule has 0 fully saturated rings. The molecule has 0 saturated carbocycles. The van der Waals surface area contributed by atoms with Crippen LogP contribution in [0.15, 0.2) is 60.7 Å².